The van der Waals surface area contributed by atoms with Gasteiger partial charge in [0.05, 0.1) is 12.5 Å². The zero-order valence-electron chi connectivity index (χ0n) is 10.5. The van der Waals surface area contributed by atoms with Crippen LogP contribution in [0.1, 0.15) is 6.42 Å². The summed E-state index contributed by atoms with van der Waals surface area (Å²) in [6, 6.07) is 19.5. The van der Waals surface area contributed by atoms with Gasteiger partial charge in [-0.2, -0.15) is 5.26 Å². The zero-order chi connectivity index (χ0) is 13.5. The topological polar surface area (TPSA) is 53.2 Å². The molecule has 3 heteroatoms. The zero-order valence-corrected chi connectivity index (χ0v) is 10.5. The second-order valence-electron chi connectivity index (χ2n) is 4.19. The highest BCUT2D eigenvalue weighted by atomic mass is 16.5. The minimum absolute atomic E-state index is 0.0769. The van der Waals surface area contributed by atoms with Gasteiger partial charge in [0.2, 0.25) is 0 Å². The van der Waals surface area contributed by atoms with Crippen molar-refractivity contribution in [3.8, 4) is 22.9 Å². The second kappa shape index (κ2) is 6.58. The SMILES string of the molecule is N#CC[C@H](O)COc1ccccc1-c1ccccc1. The Hall–Kier alpha value is -2.31. The Labute approximate surface area is 112 Å². The van der Waals surface area contributed by atoms with E-state index in [-0.39, 0.29) is 13.0 Å². The maximum Gasteiger partial charge on any atom is 0.127 e. The smallest absolute Gasteiger partial charge is 0.127 e. The van der Waals surface area contributed by atoms with Gasteiger partial charge in [-0.25, -0.2) is 0 Å². The largest absolute Gasteiger partial charge is 0.490 e. The van der Waals surface area contributed by atoms with Crippen molar-refractivity contribution in [3.63, 3.8) is 0 Å². The van der Waals surface area contributed by atoms with Gasteiger partial charge in [0.15, 0.2) is 0 Å². The molecule has 0 amide bonds. The third kappa shape index (κ3) is 3.57. The van der Waals surface area contributed by atoms with Crippen LogP contribution < -0.4 is 4.74 Å². The lowest BCUT2D eigenvalue weighted by Crippen LogP contribution is -2.16. The lowest BCUT2D eigenvalue weighted by atomic mass is 10.1. The predicted molar refractivity (Wildman–Crippen MR) is 73.6 cm³/mol. The molecule has 19 heavy (non-hydrogen) atoms. The highest BCUT2D eigenvalue weighted by Gasteiger charge is 2.08. The summed E-state index contributed by atoms with van der Waals surface area (Å²) in [5.41, 5.74) is 2.04. The van der Waals surface area contributed by atoms with E-state index in [4.69, 9.17) is 10.00 Å². The molecule has 0 fully saturated rings. The summed E-state index contributed by atoms with van der Waals surface area (Å²) in [5.74, 6) is 0.714. The van der Waals surface area contributed by atoms with E-state index in [1.165, 1.54) is 0 Å². The van der Waals surface area contributed by atoms with Gasteiger partial charge in [0.1, 0.15) is 18.5 Å². The van der Waals surface area contributed by atoms with Gasteiger partial charge in [0.25, 0.3) is 0 Å². The van der Waals surface area contributed by atoms with Crippen molar-refractivity contribution in [2.75, 3.05) is 6.61 Å². The molecule has 1 atom stereocenters. The highest BCUT2D eigenvalue weighted by Crippen LogP contribution is 2.29. The van der Waals surface area contributed by atoms with Crippen LogP contribution in [0.25, 0.3) is 11.1 Å². The van der Waals surface area contributed by atoms with Gasteiger partial charge >= 0.3 is 0 Å². The number of nitriles is 1. The van der Waals surface area contributed by atoms with Crippen molar-refractivity contribution in [2.45, 2.75) is 12.5 Å². The standard InChI is InChI=1S/C16H15NO2/c17-11-10-14(18)12-19-16-9-5-4-8-15(16)13-6-2-1-3-7-13/h1-9,14,18H,10,12H2/t14-/m0/s1. The van der Waals surface area contributed by atoms with Crippen molar-refractivity contribution in [2.24, 2.45) is 0 Å². The van der Waals surface area contributed by atoms with E-state index in [9.17, 15) is 5.11 Å². The van der Waals surface area contributed by atoms with Crippen molar-refractivity contribution < 1.29 is 9.84 Å². The first-order valence-corrected chi connectivity index (χ1v) is 6.13. The summed E-state index contributed by atoms with van der Waals surface area (Å²) in [7, 11) is 0. The number of aliphatic hydroxyl groups excluding tert-OH is 1. The number of rotatable bonds is 5. The van der Waals surface area contributed by atoms with Crippen LogP contribution in [0.4, 0.5) is 0 Å². The minimum Gasteiger partial charge on any atom is -0.490 e. The fraction of sp³-hybridized carbons (Fsp3) is 0.188. The lowest BCUT2D eigenvalue weighted by Gasteiger charge is -2.13. The lowest BCUT2D eigenvalue weighted by molar-refractivity contribution is 0.111. The van der Waals surface area contributed by atoms with Crippen LogP contribution in [-0.4, -0.2) is 17.8 Å². The van der Waals surface area contributed by atoms with Crippen LogP contribution in [0.5, 0.6) is 5.75 Å². The Morgan fingerprint density at radius 1 is 1.05 bits per heavy atom. The van der Waals surface area contributed by atoms with Gasteiger partial charge in [-0.05, 0) is 11.6 Å². The summed E-state index contributed by atoms with van der Waals surface area (Å²) in [5, 5.41) is 18.0. The van der Waals surface area contributed by atoms with Gasteiger partial charge in [-0.3, -0.25) is 0 Å². The second-order valence-corrected chi connectivity index (χ2v) is 4.19. The Bertz CT molecular complexity index is 560. The normalized spacial score (nSPS) is 11.6. The Morgan fingerprint density at radius 2 is 1.74 bits per heavy atom. The number of ether oxygens (including phenoxy) is 1. The Kier molecular flexibility index (Phi) is 4.54. The molecule has 0 heterocycles. The molecule has 96 valence electrons. The van der Waals surface area contributed by atoms with Crippen molar-refractivity contribution in [1.82, 2.24) is 0 Å². The molecule has 2 aromatic rings. The van der Waals surface area contributed by atoms with Crippen LogP contribution in [0.2, 0.25) is 0 Å². The number of aliphatic hydroxyl groups is 1. The van der Waals surface area contributed by atoms with E-state index in [2.05, 4.69) is 0 Å². The van der Waals surface area contributed by atoms with Crippen LogP contribution >= 0.6 is 0 Å². The number of hydrogen-bond acceptors (Lipinski definition) is 3. The van der Waals surface area contributed by atoms with Crippen molar-refractivity contribution >= 4 is 0 Å². The molecule has 0 aromatic heterocycles. The van der Waals surface area contributed by atoms with Crippen LogP contribution in [0.15, 0.2) is 54.6 Å². The molecule has 2 aromatic carbocycles. The van der Waals surface area contributed by atoms with E-state index in [1.54, 1.807) is 0 Å². The minimum atomic E-state index is -0.756. The van der Waals surface area contributed by atoms with E-state index < -0.39 is 6.10 Å². The predicted octanol–water partition coefficient (Wildman–Crippen LogP) is 3.01. The number of para-hydroxylation sites is 1. The monoisotopic (exact) mass is 253 g/mol. The molecule has 2 rings (SSSR count). The summed E-state index contributed by atoms with van der Waals surface area (Å²) >= 11 is 0. The number of hydrogen-bond donors (Lipinski definition) is 1. The van der Waals surface area contributed by atoms with Gasteiger partial charge in [-0.15, -0.1) is 0 Å². The molecule has 0 aliphatic heterocycles. The first-order valence-electron chi connectivity index (χ1n) is 6.13. The molecule has 0 saturated heterocycles. The van der Waals surface area contributed by atoms with Crippen LogP contribution in [0.3, 0.4) is 0 Å². The molecule has 1 N–H and O–H groups in total. The first kappa shape index (κ1) is 13.1. The molecular weight excluding hydrogens is 238 g/mol. The highest BCUT2D eigenvalue weighted by molar-refractivity contribution is 5.70. The van der Waals surface area contributed by atoms with Crippen LogP contribution in [0, 0.1) is 11.3 Å². The summed E-state index contributed by atoms with van der Waals surface area (Å²) < 4.78 is 5.60. The molecule has 3 nitrogen and oxygen atoms in total. The average Bonchev–Trinajstić information content (AvgIpc) is 2.47. The van der Waals surface area contributed by atoms with Gasteiger partial charge < -0.3 is 9.84 Å². The first-order chi connectivity index (χ1) is 9.31. The molecule has 0 aliphatic rings. The van der Waals surface area contributed by atoms with E-state index in [1.807, 2.05) is 60.7 Å². The maximum absolute atomic E-state index is 9.52. The summed E-state index contributed by atoms with van der Waals surface area (Å²) in [6.07, 6.45) is -0.679. The van der Waals surface area contributed by atoms with Crippen LogP contribution in [-0.2, 0) is 0 Å². The Balaban J connectivity index is 2.16. The van der Waals surface area contributed by atoms with E-state index in [0.29, 0.717) is 5.75 Å². The fourth-order valence-electron chi connectivity index (χ4n) is 1.80. The van der Waals surface area contributed by atoms with Gasteiger partial charge in [-0.1, -0.05) is 48.5 Å². The van der Waals surface area contributed by atoms with Crippen molar-refractivity contribution in [1.29, 1.82) is 5.26 Å². The molecular formula is C16H15NO2. The summed E-state index contributed by atoms with van der Waals surface area (Å²) in [6.45, 7) is 0.122. The van der Waals surface area contributed by atoms with E-state index >= 15 is 0 Å². The average molecular weight is 253 g/mol. The van der Waals surface area contributed by atoms with E-state index in [0.717, 1.165) is 11.1 Å². The summed E-state index contributed by atoms with van der Waals surface area (Å²) in [4.78, 5) is 0. The Morgan fingerprint density at radius 3 is 2.47 bits per heavy atom. The van der Waals surface area contributed by atoms with Gasteiger partial charge in [0, 0.05) is 5.56 Å². The fourth-order valence-corrected chi connectivity index (χ4v) is 1.80. The molecule has 0 radical (unpaired) electrons. The maximum atomic E-state index is 9.52. The molecule has 0 aliphatic carbocycles. The molecule has 0 saturated carbocycles. The number of nitrogens with zero attached hydrogens (tertiary/aromatic N) is 1. The molecule has 0 unspecified atom stereocenters. The molecule has 0 bridgehead atoms. The quantitative estimate of drug-likeness (QED) is 0.891. The molecule has 0 spiro atoms. The number of benzene rings is 2. The third-order valence-corrected chi connectivity index (χ3v) is 2.73. The third-order valence-electron chi connectivity index (χ3n) is 2.73. The van der Waals surface area contributed by atoms with Crippen molar-refractivity contribution in [3.05, 3.63) is 54.6 Å².